The van der Waals surface area contributed by atoms with E-state index in [9.17, 15) is 18.0 Å². The molecule has 0 aromatic heterocycles. The summed E-state index contributed by atoms with van der Waals surface area (Å²) in [6, 6.07) is 13.6. The fourth-order valence-corrected chi connectivity index (χ4v) is 5.02. The SMILES string of the molecule is C[C@@H](CC(=O)Nc1ccccc1)S(=O)(=O)c1ccc2c(c1)NC(=O)CCS2. The quantitative estimate of drug-likeness (QED) is 0.798. The number of anilines is 2. The predicted molar refractivity (Wildman–Crippen MR) is 107 cm³/mol. The minimum atomic E-state index is -3.71. The molecule has 1 atom stereocenters. The van der Waals surface area contributed by atoms with Crippen LogP contribution >= 0.6 is 11.8 Å². The molecule has 2 amide bonds. The second-order valence-electron chi connectivity index (χ2n) is 6.28. The van der Waals surface area contributed by atoms with E-state index in [-0.39, 0.29) is 23.1 Å². The summed E-state index contributed by atoms with van der Waals surface area (Å²) in [6.07, 6.45) is 0.229. The standard InChI is InChI=1S/C19H20N2O4S2/c1-13(11-19(23)20-14-5-3-2-4-6-14)27(24,25)15-7-8-17-16(12-15)21-18(22)9-10-26-17/h2-8,12-13H,9-11H2,1H3,(H,20,23)(H,21,22)/t13-/m0/s1. The Morgan fingerprint density at radius 3 is 2.70 bits per heavy atom. The molecule has 0 bridgehead atoms. The Hall–Kier alpha value is -2.32. The summed E-state index contributed by atoms with van der Waals surface area (Å²) < 4.78 is 25.7. The molecule has 0 aliphatic carbocycles. The Bertz CT molecular complexity index is 959. The highest BCUT2D eigenvalue weighted by Gasteiger charge is 2.27. The van der Waals surface area contributed by atoms with E-state index in [4.69, 9.17) is 0 Å². The monoisotopic (exact) mass is 404 g/mol. The maximum Gasteiger partial charge on any atom is 0.225 e. The molecule has 0 fully saturated rings. The van der Waals surface area contributed by atoms with Crippen LogP contribution in [-0.4, -0.2) is 31.2 Å². The van der Waals surface area contributed by atoms with Crippen LogP contribution in [0, 0.1) is 0 Å². The van der Waals surface area contributed by atoms with E-state index in [2.05, 4.69) is 10.6 Å². The predicted octanol–water partition coefficient (Wildman–Crippen LogP) is 3.31. The van der Waals surface area contributed by atoms with Gasteiger partial charge >= 0.3 is 0 Å². The van der Waals surface area contributed by atoms with Crippen molar-refractivity contribution in [2.24, 2.45) is 0 Å². The summed E-state index contributed by atoms with van der Waals surface area (Å²) in [5.41, 5.74) is 1.13. The van der Waals surface area contributed by atoms with Crippen LogP contribution in [0.5, 0.6) is 0 Å². The van der Waals surface area contributed by atoms with E-state index in [0.29, 0.717) is 23.5 Å². The van der Waals surface area contributed by atoms with Crippen LogP contribution in [0.3, 0.4) is 0 Å². The highest BCUT2D eigenvalue weighted by Crippen LogP contribution is 2.33. The zero-order valence-corrected chi connectivity index (χ0v) is 16.4. The van der Waals surface area contributed by atoms with E-state index in [1.807, 2.05) is 6.07 Å². The van der Waals surface area contributed by atoms with Gasteiger partial charge < -0.3 is 10.6 Å². The van der Waals surface area contributed by atoms with E-state index in [1.54, 1.807) is 30.3 Å². The molecule has 142 valence electrons. The second-order valence-corrected chi connectivity index (χ2v) is 9.78. The van der Waals surface area contributed by atoms with Crippen LogP contribution in [0.1, 0.15) is 19.8 Å². The van der Waals surface area contributed by atoms with Crippen LogP contribution in [0.2, 0.25) is 0 Å². The Morgan fingerprint density at radius 1 is 1.22 bits per heavy atom. The molecule has 0 saturated carbocycles. The molecule has 1 aliphatic rings. The first-order valence-corrected chi connectivity index (χ1v) is 11.0. The first-order chi connectivity index (χ1) is 12.9. The fourth-order valence-electron chi connectivity index (χ4n) is 2.71. The highest BCUT2D eigenvalue weighted by atomic mass is 32.2. The molecule has 0 spiro atoms. The van der Waals surface area contributed by atoms with Gasteiger partial charge in [-0.2, -0.15) is 0 Å². The minimum absolute atomic E-state index is 0.101. The third-order valence-corrected chi connectivity index (χ3v) is 7.41. The van der Waals surface area contributed by atoms with Crippen molar-refractivity contribution < 1.29 is 18.0 Å². The van der Waals surface area contributed by atoms with E-state index < -0.39 is 15.1 Å². The van der Waals surface area contributed by atoms with Gasteiger partial charge in [0.15, 0.2) is 9.84 Å². The van der Waals surface area contributed by atoms with E-state index >= 15 is 0 Å². The first kappa shape index (κ1) is 19.4. The molecular weight excluding hydrogens is 384 g/mol. The van der Waals surface area contributed by atoms with Crippen molar-refractivity contribution in [3.63, 3.8) is 0 Å². The molecule has 27 heavy (non-hydrogen) atoms. The molecule has 1 heterocycles. The number of carbonyl (C=O) groups is 2. The maximum atomic E-state index is 12.9. The molecule has 0 saturated heterocycles. The molecule has 2 aromatic carbocycles. The molecule has 8 heteroatoms. The number of rotatable bonds is 5. The Morgan fingerprint density at radius 2 is 1.96 bits per heavy atom. The van der Waals surface area contributed by atoms with Crippen LogP contribution in [-0.2, 0) is 19.4 Å². The van der Waals surface area contributed by atoms with Gasteiger partial charge in [0.25, 0.3) is 0 Å². The van der Waals surface area contributed by atoms with E-state index in [1.165, 1.54) is 30.8 Å². The highest BCUT2D eigenvalue weighted by molar-refractivity contribution is 7.99. The maximum absolute atomic E-state index is 12.9. The molecular formula is C19H20N2O4S2. The number of benzene rings is 2. The van der Waals surface area contributed by atoms with Crippen LogP contribution in [0.15, 0.2) is 58.3 Å². The summed E-state index contributed by atoms with van der Waals surface area (Å²) in [5.74, 6) is 0.156. The zero-order valence-electron chi connectivity index (χ0n) is 14.8. The lowest BCUT2D eigenvalue weighted by atomic mass is 10.3. The van der Waals surface area contributed by atoms with Crippen molar-refractivity contribution in [1.29, 1.82) is 0 Å². The van der Waals surface area contributed by atoms with Crippen molar-refractivity contribution in [3.8, 4) is 0 Å². The second kappa shape index (κ2) is 8.14. The van der Waals surface area contributed by atoms with Gasteiger partial charge in [0.2, 0.25) is 11.8 Å². The number of carbonyl (C=O) groups excluding carboxylic acids is 2. The number of nitrogens with one attached hydrogen (secondary N) is 2. The molecule has 2 N–H and O–H groups in total. The van der Waals surface area contributed by atoms with Crippen LogP contribution in [0.25, 0.3) is 0 Å². The van der Waals surface area contributed by atoms with Gasteiger partial charge in [-0.05, 0) is 37.3 Å². The van der Waals surface area contributed by atoms with E-state index in [0.717, 1.165) is 4.90 Å². The fraction of sp³-hybridized carbons (Fsp3) is 0.263. The molecule has 2 aromatic rings. The van der Waals surface area contributed by atoms with Crippen LogP contribution in [0.4, 0.5) is 11.4 Å². The molecule has 0 unspecified atom stereocenters. The van der Waals surface area contributed by atoms with Crippen molar-refractivity contribution in [2.45, 2.75) is 34.8 Å². The van der Waals surface area contributed by atoms with Gasteiger partial charge in [-0.3, -0.25) is 9.59 Å². The number of thioether (sulfide) groups is 1. The molecule has 3 rings (SSSR count). The third kappa shape index (κ3) is 4.70. The van der Waals surface area contributed by atoms with Gasteiger partial charge in [0, 0.05) is 29.2 Å². The number of sulfone groups is 1. The Labute approximate surface area is 162 Å². The lowest BCUT2D eigenvalue weighted by Crippen LogP contribution is -2.25. The van der Waals surface area contributed by atoms with Crippen LogP contribution < -0.4 is 10.6 Å². The third-order valence-electron chi connectivity index (χ3n) is 4.20. The zero-order chi connectivity index (χ0) is 19.4. The summed E-state index contributed by atoms with van der Waals surface area (Å²) >= 11 is 1.51. The van der Waals surface area contributed by atoms with Crippen molar-refractivity contribution in [1.82, 2.24) is 0 Å². The van der Waals surface area contributed by atoms with Crippen molar-refractivity contribution in [3.05, 3.63) is 48.5 Å². The van der Waals surface area contributed by atoms with Gasteiger partial charge in [0.05, 0.1) is 15.8 Å². The normalized spacial score (nSPS) is 15.2. The van der Waals surface area contributed by atoms with Gasteiger partial charge in [-0.1, -0.05) is 18.2 Å². The lowest BCUT2D eigenvalue weighted by Gasteiger charge is -2.15. The summed E-state index contributed by atoms with van der Waals surface area (Å²) in [5, 5.41) is 4.55. The summed E-state index contributed by atoms with van der Waals surface area (Å²) in [6.45, 7) is 1.51. The number of para-hydroxylation sites is 1. The topological polar surface area (TPSA) is 92.3 Å². The van der Waals surface area contributed by atoms with Gasteiger partial charge in [-0.15, -0.1) is 11.8 Å². The number of amides is 2. The number of hydrogen-bond acceptors (Lipinski definition) is 5. The molecule has 1 aliphatic heterocycles. The lowest BCUT2D eigenvalue weighted by molar-refractivity contribution is -0.116. The van der Waals surface area contributed by atoms with Gasteiger partial charge in [-0.25, -0.2) is 8.42 Å². The summed E-state index contributed by atoms with van der Waals surface area (Å²) in [7, 11) is -3.71. The van der Waals surface area contributed by atoms with Gasteiger partial charge in [0.1, 0.15) is 0 Å². The molecule has 6 nitrogen and oxygen atoms in total. The summed E-state index contributed by atoms with van der Waals surface area (Å²) in [4.78, 5) is 24.9. The van der Waals surface area contributed by atoms with Crippen molar-refractivity contribution in [2.75, 3.05) is 16.4 Å². The average Bonchev–Trinajstić information content (AvgIpc) is 2.82. The molecule has 0 radical (unpaired) electrons. The minimum Gasteiger partial charge on any atom is -0.326 e. The van der Waals surface area contributed by atoms with Crippen molar-refractivity contribution >= 4 is 44.8 Å². The smallest absolute Gasteiger partial charge is 0.225 e. The average molecular weight is 405 g/mol. The largest absolute Gasteiger partial charge is 0.326 e. The number of hydrogen-bond donors (Lipinski definition) is 2. The first-order valence-electron chi connectivity index (χ1n) is 8.52. The Kier molecular flexibility index (Phi) is 5.86. The Balaban J connectivity index is 1.75. The number of fused-ring (bicyclic) bond motifs is 1.